The highest BCUT2D eigenvalue weighted by molar-refractivity contribution is 5.15. The van der Waals surface area contributed by atoms with Crippen LogP contribution in [0, 0.1) is 5.41 Å². The summed E-state index contributed by atoms with van der Waals surface area (Å²) in [5.41, 5.74) is -2.05. The lowest BCUT2D eigenvalue weighted by Gasteiger charge is -2.31. The molecule has 0 aliphatic carbocycles. The zero-order valence-electron chi connectivity index (χ0n) is 8.19. The van der Waals surface area contributed by atoms with Gasteiger partial charge in [-0.05, 0) is 24.5 Å². The van der Waals surface area contributed by atoms with Gasteiger partial charge in [0.1, 0.15) is 11.4 Å². The third kappa shape index (κ3) is 2.68. The number of halogens is 1. The van der Waals surface area contributed by atoms with Crippen molar-refractivity contribution in [1.82, 2.24) is 0 Å². The number of aliphatic hydroxyl groups excluding tert-OH is 1. The highest BCUT2D eigenvalue weighted by Crippen LogP contribution is 2.35. The first-order valence-corrected chi connectivity index (χ1v) is 3.94. The predicted molar refractivity (Wildman–Crippen MR) is 49.9 cm³/mol. The molecule has 1 unspecified atom stereocenters. The van der Waals surface area contributed by atoms with Crippen molar-refractivity contribution >= 4 is 0 Å². The van der Waals surface area contributed by atoms with Gasteiger partial charge in [0.2, 0.25) is 0 Å². The molecule has 0 aromatic carbocycles. The molecule has 0 spiro atoms. The van der Waals surface area contributed by atoms with Crippen LogP contribution in [0.4, 0.5) is 4.39 Å². The number of allylic oxidation sites excluding steroid dienone is 2. The molecule has 1 nitrogen and oxygen atoms in total. The van der Waals surface area contributed by atoms with Crippen molar-refractivity contribution < 1.29 is 9.50 Å². The van der Waals surface area contributed by atoms with E-state index in [-0.39, 0.29) is 5.76 Å². The molecule has 0 aliphatic rings. The van der Waals surface area contributed by atoms with Gasteiger partial charge in [-0.2, -0.15) is 0 Å². The summed E-state index contributed by atoms with van der Waals surface area (Å²) < 4.78 is 13.8. The number of rotatable bonds is 2. The molecule has 0 aliphatic heterocycles. The van der Waals surface area contributed by atoms with Gasteiger partial charge in [-0.3, -0.25) is 0 Å². The van der Waals surface area contributed by atoms with E-state index in [4.69, 9.17) is 5.11 Å². The molecule has 0 bridgehead atoms. The van der Waals surface area contributed by atoms with Crippen molar-refractivity contribution in [1.29, 1.82) is 0 Å². The molecule has 0 radical (unpaired) electrons. The third-order valence-electron chi connectivity index (χ3n) is 2.09. The zero-order chi connectivity index (χ0) is 9.99. The number of hydrogen-bond donors (Lipinski definition) is 1. The van der Waals surface area contributed by atoms with Crippen LogP contribution in [0.15, 0.2) is 24.5 Å². The molecule has 70 valence electrons. The van der Waals surface area contributed by atoms with Crippen LogP contribution < -0.4 is 0 Å². The first-order valence-electron chi connectivity index (χ1n) is 3.94. The highest BCUT2D eigenvalue weighted by Gasteiger charge is 2.35. The quantitative estimate of drug-likeness (QED) is 0.500. The lowest BCUT2D eigenvalue weighted by atomic mass is 9.79. The Bertz CT molecular complexity index is 196. The first-order chi connectivity index (χ1) is 5.20. The summed E-state index contributed by atoms with van der Waals surface area (Å²) in [5.74, 6) is -0.116. The fraction of sp³-hybridized carbons (Fsp3) is 0.600. The van der Waals surface area contributed by atoms with Crippen LogP contribution in [0.25, 0.3) is 0 Å². The van der Waals surface area contributed by atoms with E-state index in [0.29, 0.717) is 0 Å². The van der Waals surface area contributed by atoms with Crippen molar-refractivity contribution in [3.8, 4) is 0 Å². The summed E-state index contributed by atoms with van der Waals surface area (Å²) in [6.45, 7) is 10.1. The van der Waals surface area contributed by atoms with Gasteiger partial charge in [0.15, 0.2) is 0 Å². The Morgan fingerprint density at radius 3 is 2.00 bits per heavy atom. The number of aliphatic hydroxyl groups is 1. The van der Waals surface area contributed by atoms with Gasteiger partial charge in [-0.25, -0.2) is 4.39 Å². The summed E-state index contributed by atoms with van der Waals surface area (Å²) in [6, 6.07) is 0. The van der Waals surface area contributed by atoms with Crippen LogP contribution in [-0.4, -0.2) is 10.8 Å². The molecule has 0 amide bonds. The molecule has 0 saturated carbocycles. The van der Waals surface area contributed by atoms with E-state index < -0.39 is 11.1 Å². The Balaban J connectivity index is 4.75. The van der Waals surface area contributed by atoms with Gasteiger partial charge in [0.25, 0.3) is 0 Å². The first kappa shape index (κ1) is 11.2. The summed E-state index contributed by atoms with van der Waals surface area (Å²) >= 11 is 0. The molecule has 0 rings (SSSR count). The summed E-state index contributed by atoms with van der Waals surface area (Å²) in [4.78, 5) is 0. The van der Waals surface area contributed by atoms with Gasteiger partial charge in [0, 0.05) is 0 Å². The summed E-state index contributed by atoms with van der Waals surface area (Å²) in [5, 5.41) is 9.06. The van der Waals surface area contributed by atoms with Gasteiger partial charge >= 0.3 is 0 Å². The smallest absolute Gasteiger partial charge is 0.134 e. The fourth-order valence-corrected chi connectivity index (χ4v) is 0.553. The summed E-state index contributed by atoms with van der Waals surface area (Å²) in [7, 11) is 0. The molecule has 0 saturated heterocycles. The molecule has 0 aromatic heterocycles. The maximum atomic E-state index is 13.8. The minimum absolute atomic E-state index is 0.116. The second-order valence-corrected chi connectivity index (χ2v) is 4.10. The number of alkyl halides is 1. The molecular formula is C10H17FO. The lowest BCUT2D eigenvalue weighted by Crippen LogP contribution is -2.33. The van der Waals surface area contributed by atoms with Crippen molar-refractivity contribution in [2.24, 2.45) is 5.41 Å². The van der Waals surface area contributed by atoms with Crippen molar-refractivity contribution in [2.45, 2.75) is 33.4 Å². The molecule has 12 heavy (non-hydrogen) atoms. The van der Waals surface area contributed by atoms with E-state index in [1.54, 1.807) is 20.8 Å². The second-order valence-electron chi connectivity index (χ2n) is 4.10. The van der Waals surface area contributed by atoms with Gasteiger partial charge < -0.3 is 5.11 Å². The molecule has 0 heterocycles. The second kappa shape index (κ2) is 3.30. The van der Waals surface area contributed by atoms with Crippen LogP contribution in [-0.2, 0) is 0 Å². The number of hydrogen-bond acceptors (Lipinski definition) is 1. The van der Waals surface area contributed by atoms with Gasteiger partial charge in [-0.1, -0.05) is 27.4 Å². The van der Waals surface area contributed by atoms with Crippen molar-refractivity contribution in [3.63, 3.8) is 0 Å². The Morgan fingerprint density at radius 2 is 1.75 bits per heavy atom. The molecular weight excluding hydrogens is 155 g/mol. The Labute approximate surface area is 73.6 Å². The maximum absolute atomic E-state index is 13.8. The SMILES string of the molecule is C=C/C(O)=C\C(C)(F)C(C)(C)C. The largest absolute Gasteiger partial charge is 0.508 e. The molecule has 0 aromatic rings. The average Bonchev–Trinajstić information content (AvgIpc) is 1.84. The fourth-order valence-electron chi connectivity index (χ4n) is 0.553. The van der Waals surface area contributed by atoms with E-state index in [1.165, 1.54) is 19.1 Å². The van der Waals surface area contributed by atoms with E-state index in [0.717, 1.165) is 0 Å². The van der Waals surface area contributed by atoms with Crippen molar-refractivity contribution in [2.75, 3.05) is 0 Å². The van der Waals surface area contributed by atoms with Gasteiger partial charge in [-0.15, -0.1) is 0 Å². The average molecular weight is 172 g/mol. The maximum Gasteiger partial charge on any atom is 0.134 e. The van der Waals surface area contributed by atoms with E-state index in [9.17, 15) is 4.39 Å². The van der Waals surface area contributed by atoms with Crippen molar-refractivity contribution in [3.05, 3.63) is 24.5 Å². The normalized spacial score (nSPS) is 18.6. The molecule has 2 heteroatoms. The zero-order valence-corrected chi connectivity index (χ0v) is 8.19. The molecule has 1 atom stereocenters. The topological polar surface area (TPSA) is 20.2 Å². The predicted octanol–water partition coefficient (Wildman–Crippen LogP) is 3.39. The van der Waals surface area contributed by atoms with Crippen LogP contribution in [0.1, 0.15) is 27.7 Å². The Kier molecular flexibility index (Phi) is 3.08. The van der Waals surface area contributed by atoms with Crippen LogP contribution in [0.2, 0.25) is 0 Å². The van der Waals surface area contributed by atoms with Gasteiger partial charge in [0.05, 0.1) is 0 Å². The molecule has 1 N–H and O–H groups in total. The third-order valence-corrected chi connectivity index (χ3v) is 2.09. The van der Waals surface area contributed by atoms with E-state index in [1.807, 2.05) is 0 Å². The standard InChI is InChI=1S/C10H17FO/c1-6-8(12)7-10(5,11)9(2,3)4/h6-7,12H,1H2,2-5H3/b8-7+. The monoisotopic (exact) mass is 172 g/mol. The Morgan fingerprint density at radius 1 is 1.33 bits per heavy atom. The Hall–Kier alpha value is -0.790. The van der Waals surface area contributed by atoms with Crippen LogP contribution in [0.3, 0.4) is 0 Å². The summed E-state index contributed by atoms with van der Waals surface area (Å²) in [6.07, 6.45) is 2.41. The van der Waals surface area contributed by atoms with E-state index in [2.05, 4.69) is 6.58 Å². The lowest BCUT2D eigenvalue weighted by molar-refractivity contribution is 0.0958. The minimum Gasteiger partial charge on any atom is -0.508 e. The van der Waals surface area contributed by atoms with Crippen LogP contribution >= 0.6 is 0 Å². The highest BCUT2D eigenvalue weighted by atomic mass is 19.1. The minimum atomic E-state index is -1.52. The van der Waals surface area contributed by atoms with Crippen LogP contribution in [0.5, 0.6) is 0 Å². The van der Waals surface area contributed by atoms with E-state index >= 15 is 0 Å². The molecule has 0 fully saturated rings.